The van der Waals surface area contributed by atoms with Crippen molar-refractivity contribution in [2.75, 3.05) is 25.0 Å². The van der Waals surface area contributed by atoms with Crippen LogP contribution in [0.2, 0.25) is 0 Å². The van der Waals surface area contributed by atoms with E-state index in [0.717, 1.165) is 31.9 Å². The number of aromatic nitrogens is 1. The van der Waals surface area contributed by atoms with Crippen LogP contribution in [0.5, 0.6) is 0 Å². The van der Waals surface area contributed by atoms with Crippen molar-refractivity contribution in [3.05, 3.63) is 35.5 Å². The predicted octanol–water partition coefficient (Wildman–Crippen LogP) is 3.10. The summed E-state index contributed by atoms with van der Waals surface area (Å²) in [6.07, 6.45) is 6.58. The molecule has 2 heterocycles. The minimum Gasteiger partial charge on any atom is -0.370 e. The van der Waals surface area contributed by atoms with Gasteiger partial charge in [0.05, 0.1) is 0 Å². The van der Waals surface area contributed by atoms with Crippen molar-refractivity contribution < 1.29 is 0 Å². The molecule has 0 radical (unpaired) electrons. The van der Waals surface area contributed by atoms with E-state index in [0.29, 0.717) is 0 Å². The molecule has 0 fully saturated rings. The van der Waals surface area contributed by atoms with Crippen LogP contribution in [-0.2, 0) is 5.41 Å². The Hall–Kier alpha value is -1.35. The molecule has 104 valence electrons. The van der Waals surface area contributed by atoms with Gasteiger partial charge in [0, 0.05) is 19.3 Å². The standard InChI is InChI=1S/C16H25N3/c1-16(2,3)14-4-5-15(19-12-14)18-11-8-13-6-9-17-10-7-13/h4-6,12,17H,7-11H2,1-3H3,(H,18,19). The molecule has 3 heteroatoms. The first-order valence-electron chi connectivity index (χ1n) is 7.15. The van der Waals surface area contributed by atoms with Crippen molar-refractivity contribution in [2.45, 2.75) is 39.0 Å². The lowest BCUT2D eigenvalue weighted by molar-refractivity contribution is 0.587. The first kappa shape index (κ1) is 14.1. The summed E-state index contributed by atoms with van der Waals surface area (Å²) >= 11 is 0. The summed E-state index contributed by atoms with van der Waals surface area (Å²) in [5.74, 6) is 0.975. The van der Waals surface area contributed by atoms with E-state index in [-0.39, 0.29) is 5.41 Å². The van der Waals surface area contributed by atoms with Crippen LogP contribution in [0, 0.1) is 0 Å². The third-order valence-electron chi connectivity index (χ3n) is 3.54. The molecule has 0 amide bonds. The summed E-state index contributed by atoms with van der Waals surface area (Å²) < 4.78 is 0. The number of nitrogens with zero attached hydrogens (tertiary/aromatic N) is 1. The topological polar surface area (TPSA) is 37.0 Å². The van der Waals surface area contributed by atoms with Gasteiger partial charge in [-0.05, 0) is 36.4 Å². The predicted molar refractivity (Wildman–Crippen MR) is 81.6 cm³/mol. The number of hydrogen-bond acceptors (Lipinski definition) is 3. The van der Waals surface area contributed by atoms with Crippen LogP contribution in [0.4, 0.5) is 5.82 Å². The fourth-order valence-corrected chi connectivity index (χ4v) is 2.19. The van der Waals surface area contributed by atoms with Crippen LogP contribution in [0.1, 0.15) is 39.2 Å². The maximum absolute atomic E-state index is 4.48. The monoisotopic (exact) mass is 259 g/mol. The molecule has 1 aromatic rings. The molecular weight excluding hydrogens is 234 g/mol. The average molecular weight is 259 g/mol. The molecule has 1 aliphatic rings. The SMILES string of the molecule is CC(C)(C)c1ccc(NCCC2=CCNCC2)nc1. The van der Waals surface area contributed by atoms with Crippen LogP contribution < -0.4 is 10.6 Å². The molecule has 19 heavy (non-hydrogen) atoms. The molecule has 2 rings (SSSR count). The molecule has 0 spiro atoms. The van der Waals surface area contributed by atoms with E-state index in [1.165, 1.54) is 12.0 Å². The van der Waals surface area contributed by atoms with Crippen molar-refractivity contribution in [1.29, 1.82) is 0 Å². The average Bonchev–Trinajstić information content (AvgIpc) is 2.39. The molecule has 0 unspecified atom stereocenters. The van der Waals surface area contributed by atoms with Gasteiger partial charge >= 0.3 is 0 Å². The Morgan fingerprint density at radius 2 is 2.16 bits per heavy atom. The van der Waals surface area contributed by atoms with E-state index in [9.17, 15) is 0 Å². The second kappa shape index (κ2) is 6.20. The van der Waals surface area contributed by atoms with E-state index in [2.05, 4.69) is 54.6 Å². The van der Waals surface area contributed by atoms with Crippen molar-refractivity contribution in [2.24, 2.45) is 0 Å². The summed E-state index contributed by atoms with van der Waals surface area (Å²) in [5, 5.41) is 6.73. The zero-order valence-electron chi connectivity index (χ0n) is 12.3. The summed E-state index contributed by atoms with van der Waals surface area (Å²) in [6.45, 7) is 9.73. The molecule has 0 saturated heterocycles. The van der Waals surface area contributed by atoms with Gasteiger partial charge in [0.25, 0.3) is 0 Å². The number of hydrogen-bond donors (Lipinski definition) is 2. The minimum atomic E-state index is 0.172. The van der Waals surface area contributed by atoms with Gasteiger partial charge in [0.15, 0.2) is 0 Å². The zero-order valence-corrected chi connectivity index (χ0v) is 12.3. The van der Waals surface area contributed by atoms with Crippen molar-refractivity contribution >= 4 is 5.82 Å². The quantitative estimate of drug-likeness (QED) is 0.816. The van der Waals surface area contributed by atoms with Crippen molar-refractivity contribution in [3.63, 3.8) is 0 Å². The zero-order chi connectivity index (χ0) is 13.7. The Morgan fingerprint density at radius 3 is 2.74 bits per heavy atom. The normalized spacial score (nSPS) is 16.1. The summed E-state index contributed by atoms with van der Waals surface area (Å²) in [7, 11) is 0. The van der Waals surface area contributed by atoms with E-state index in [1.807, 2.05) is 6.20 Å². The third kappa shape index (κ3) is 4.35. The van der Waals surface area contributed by atoms with E-state index >= 15 is 0 Å². The highest BCUT2D eigenvalue weighted by Crippen LogP contribution is 2.21. The smallest absolute Gasteiger partial charge is 0.125 e. The highest BCUT2D eigenvalue weighted by atomic mass is 15.0. The lowest BCUT2D eigenvalue weighted by Gasteiger charge is -2.19. The summed E-state index contributed by atoms with van der Waals surface area (Å²) in [5.41, 5.74) is 3.00. The molecule has 0 saturated carbocycles. The fraction of sp³-hybridized carbons (Fsp3) is 0.562. The van der Waals surface area contributed by atoms with Gasteiger partial charge in [-0.1, -0.05) is 38.5 Å². The maximum Gasteiger partial charge on any atom is 0.125 e. The highest BCUT2D eigenvalue weighted by molar-refractivity contribution is 5.37. The Kier molecular flexibility index (Phi) is 4.59. The van der Waals surface area contributed by atoms with E-state index in [1.54, 1.807) is 5.57 Å². The van der Waals surface area contributed by atoms with Gasteiger partial charge in [0.1, 0.15) is 5.82 Å². The molecule has 0 atom stereocenters. The summed E-state index contributed by atoms with van der Waals surface area (Å²) in [4.78, 5) is 4.48. The molecule has 1 aliphatic heterocycles. The van der Waals surface area contributed by atoms with Gasteiger partial charge in [-0.3, -0.25) is 0 Å². The molecule has 0 aliphatic carbocycles. The molecule has 0 aromatic carbocycles. The second-order valence-electron chi connectivity index (χ2n) is 6.18. The first-order valence-corrected chi connectivity index (χ1v) is 7.15. The van der Waals surface area contributed by atoms with Crippen LogP contribution >= 0.6 is 0 Å². The van der Waals surface area contributed by atoms with Gasteiger partial charge in [-0.2, -0.15) is 0 Å². The van der Waals surface area contributed by atoms with Gasteiger partial charge in [-0.25, -0.2) is 4.98 Å². The minimum absolute atomic E-state index is 0.172. The van der Waals surface area contributed by atoms with Crippen LogP contribution in [0.3, 0.4) is 0 Å². The molecule has 2 N–H and O–H groups in total. The Morgan fingerprint density at radius 1 is 1.32 bits per heavy atom. The Labute approximate surface area is 116 Å². The van der Waals surface area contributed by atoms with Gasteiger partial charge < -0.3 is 10.6 Å². The first-order chi connectivity index (χ1) is 9.05. The Balaban J connectivity index is 1.81. The fourth-order valence-electron chi connectivity index (χ4n) is 2.19. The largest absolute Gasteiger partial charge is 0.370 e. The molecule has 3 nitrogen and oxygen atoms in total. The van der Waals surface area contributed by atoms with Crippen LogP contribution in [0.25, 0.3) is 0 Å². The summed E-state index contributed by atoms with van der Waals surface area (Å²) in [6, 6.07) is 4.25. The lowest BCUT2D eigenvalue weighted by Crippen LogP contribution is -2.21. The Bertz CT molecular complexity index is 426. The second-order valence-corrected chi connectivity index (χ2v) is 6.18. The molecule has 1 aromatic heterocycles. The van der Waals surface area contributed by atoms with E-state index < -0.39 is 0 Å². The number of pyridine rings is 1. The van der Waals surface area contributed by atoms with Crippen LogP contribution in [0.15, 0.2) is 30.0 Å². The molecular formula is C16H25N3. The van der Waals surface area contributed by atoms with E-state index in [4.69, 9.17) is 0 Å². The third-order valence-corrected chi connectivity index (χ3v) is 3.54. The number of rotatable bonds is 4. The highest BCUT2D eigenvalue weighted by Gasteiger charge is 2.13. The van der Waals surface area contributed by atoms with Crippen molar-refractivity contribution in [1.82, 2.24) is 10.3 Å². The lowest BCUT2D eigenvalue weighted by atomic mass is 9.88. The van der Waals surface area contributed by atoms with Gasteiger partial charge in [0.2, 0.25) is 0 Å². The number of nitrogens with one attached hydrogen (secondary N) is 2. The van der Waals surface area contributed by atoms with Crippen molar-refractivity contribution in [3.8, 4) is 0 Å². The van der Waals surface area contributed by atoms with Crippen LogP contribution in [-0.4, -0.2) is 24.6 Å². The van der Waals surface area contributed by atoms with Gasteiger partial charge in [-0.15, -0.1) is 0 Å². The number of anilines is 1. The molecule has 0 bridgehead atoms. The maximum atomic E-state index is 4.48.